The lowest BCUT2D eigenvalue weighted by Crippen LogP contribution is -2.46. The summed E-state index contributed by atoms with van der Waals surface area (Å²) in [6.45, 7) is -0.977. The molecular weight excluding hydrogens is 651 g/mol. The van der Waals surface area contributed by atoms with Crippen molar-refractivity contribution in [1.29, 1.82) is 0 Å². The molecule has 0 bridgehead atoms. The van der Waals surface area contributed by atoms with E-state index >= 15 is 0 Å². The number of carbonyl (C=O) groups excluding carboxylic acids is 4. The minimum atomic E-state index is -1.17. The predicted octanol–water partition coefficient (Wildman–Crippen LogP) is 5.94. The smallest absolute Gasteiger partial charge is 0.411 e. The average molecular weight is 686 g/mol. The fourth-order valence-electron chi connectivity index (χ4n) is 5.15. The quantitative estimate of drug-likeness (QED) is 0.181. The number of aliphatic hydroxyl groups excluding tert-OH is 2. The third-order valence-electron chi connectivity index (χ3n) is 8.04. The van der Waals surface area contributed by atoms with E-state index < -0.39 is 22.9 Å². The van der Waals surface area contributed by atoms with Crippen LogP contribution in [0, 0.1) is 10.8 Å². The van der Waals surface area contributed by atoms with E-state index in [1.165, 1.54) is 23.5 Å². The molecule has 48 heavy (non-hydrogen) atoms. The summed E-state index contributed by atoms with van der Waals surface area (Å²) in [6.07, 6.45) is -0.572. The molecule has 1 amide bonds. The van der Waals surface area contributed by atoms with Crippen LogP contribution < -0.4 is 5.32 Å². The Morgan fingerprint density at radius 1 is 0.646 bits per heavy atom. The molecule has 11 heteroatoms. The van der Waals surface area contributed by atoms with Crippen LogP contribution in [0.25, 0.3) is 0 Å². The van der Waals surface area contributed by atoms with Gasteiger partial charge in [0.15, 0.2) is 11.6 Å². The van der Waals surface area contributed by atoms with Crippen LogP contribution in [0.4, 0.5) is 10.5 Å². The Kier molecular flexibility index (Phi) is 11.7. The van der Waals surface area contributed by atoms with E-state index in [2.05, 4.69) is 5.32 Å². The molecule has 0 fully saturated rings. The van der Waals surface area contributed by atoms with Gasteiger partial charge in [0.05, 0.1) is 25.0 Å². The molecule has 2 aliphatic rings. The van der Waals surface area contributed by atoms with Crippen LogP contribution in [-0.2, 0) is 20.7 Å². The number of benzene rings is 4. The van der Waals surface area contributed by atoms with Gasteiger partial charge in [-0.15, -0.1) is 23.5 Å². The molecule has 1 atom stereocenters. The van der Waals surface area contributed by atoms with Crippen molar-refractivity contribution in [2.45, 2.75) is 16.2 Å². The molecule has 6 rings (SSSR count). The topological polar surface area (TPSA) is 139 Å². The molecule has 4 aromatic rings. The first kappa shape index (κ1) is 34.9. The summed E-state index contributed by atoms with van der Waals surface area (Å²) >= 11 is 2.99. The van der Waals surface area contributed by atoms with Crippen molar-refractivity contribution in [1.82, 2.24) is 0 Å². The maximum Gasteiger partial charge on any atom is 0.411 e. The number of ketones is 2. The second-order valence-corrected chi connectivity index (χ2v) is 13.5. The summed E-state index contributed by atoms with van der Waals surface area (Å²) in [4.78, 5) is 52.2. The number of aliphatic hydroxyl groups is 2. The molecule has 2 aliphatic heterocycles. The van der Waals surface area contributed by atoms with Crippen molar-refractivity contribution < 1.29 is 38.9 Å². The van der Waals surface area contributed by atoms with Crippen LogP contribution in [0.3, 0.4) is 0 Å². The summed E-state index contributed by atoms with van der Waals surface area (Å²) in [5.41, 5.74) is 0.389. The van der Waals surface area contributed by atoms with Gasteiger partial charge in [0, 0.05) is 38.1 Å². The number of Topliss-reactive ketones (excluding diaryl/α,β-unsaturated/α-hetero) is 2. The number of anilines is 1. The standard InChI is InChI=1S/C26H23NO5S.C11H12O3S/c28-23(15-19-9-3-1-4-10-19)31-16-26(17-32-25(30)27-20-11-5-2-6-12-20)18-33-22-14-8-7-13-21(22)24(26)29;12-5-11(6-13)7-15-9-4-2-1-3-8(9)10(11)14/h1-14H,15-18H2,(H,27,30);1-4,12-13H,5-7H2. The highest BCUT2D eigenvalue weighted by molar-refractivity contribution is 7.99. The lowest BCUT2D eigenvalue weighted by molar-refractivity contribution is -0.145. The summed E-state index contributed by atoms with van der Waals surface area (Å²) in [7, 11) is 0. The van der Waals surface area contributed by atoms with Crippen LogP contribution in [0.15, 0.2) is 119 Å². The third-order valence-corrected chi connectivity index (χ3v) is 10.8. The molecule has 4 aromatic carbocycles. The van der Waals surface area contributed by atoms with Crippen molar-refractivity contribution in [3.05, 3.63) is 126 Å². The zero-order valence-corrected chi connectivity index (χ0v) is 27.6. The third kappa shape index (κ3) is 8.16. The molecule has 3 N–H and O–H groups in total. The molecule has 0 saturated carbocycles. The van der Waals surface area contributed by atoms with Gasteiger partial charge in [-0.3, -0.25) is 19.7 Å². The van der Waals surface area contributed by atoms with E-state index in [4.69, 9.17) is 9.47 Å². The summed E-state index contributed by atoms with van der Waals surface area (Å²) in [5.74, 6) is -0.0136. The average Bonchev–Trinajstić information content (AvgIpc) is 3.13. The normalized spacial score (nSPS) is 17.5. The fourth-order valence-corrected chi connectivity index (χ4v) is 7.60. The number of hydrogen-bond acceptors (Lipinski definition) is 10. The molecule has 2 heterocycles. The monoisotopic (exact) mass is 685 g/mol. The Hall–Kier alpha value is -4.42. The number of amides is 1. The van der Waals surface area contributed by atoms with E-state index in [0.717, 1.165) is 15.4 Å². The molecule has 0 aromatic heterocycles. The van der Waals surface area contributed by atoms with Crippen molar-refractivity contribution in [3.8, 4) is 0 Å². The van der Waals surface area contributed by atoms with E-state index in [9.17, 15) is 29.4 Å². The van der Waals surface area contributed by atoms with E-state index in [1.54, 1.807) is 48.5 Å². The maximum atomic E-state index is 13.5. The van der Waals surface area contributed by atoms with Gasteiger partial charge in [0.1, 0.15) is 18.6 Å². The zero-order chi connectivity index (χ0) is 34.0. The highest BCUT2D eigenvalue weighted by Gasteiger charge is 2.46. The second kappa shape index (κ2) is 16.1. The highest BCUT2D eigenvalue weighted by Crippen LogP contribution is 2.41. The van der Waals surface area contributed by atoms with Gasteiger partial charge >= 0.3 is 12.1 Å². The van der Waals surface area contributed by atoms with Gasteiger partial charge in [-0.05, 0) is 29.8 Å². The van der Waals surface area contributed by atoms with Gasteiger partial charge < -0.3 is 19.7 Å². The van der Waals surface area contributed by atoms with Crippen molar-refractivity contribution in [2.75, 3.05) is 43.3 Å². The van der Waals surface area contributed by atoms with Crippen LogP contribution in [-0.4, -0.2) is 71.8 Å². The zero-order valence-electron chi connectivity index (χ0n) is 26.0. The lowest BCUT2D eigenvalue weighted by atomic mass is 9.83. The van der Waals surface area contributed by atoms with Crippen LogP contribution in [0.5, 0.6) is 0 Å². The molecule has 248 valence electrons. The Morgan fingerprint density at radius 3 is 1.71 bits per heavy atom. The van der Waals surface area contributed by atoms with Crippen molar-refractivity contribution in [3.63, 3.8) is 0 Å². The number of fused-ring (bicyclic) bond motifs is 2. The Morgan fingerprint density at radius 2 is 1.12 bits per heavy atom. The van der Waals surface area contributed by atoms with Gasteiger partial charge in [0.2, 0.25) is 0 Å². The first-order valence-electron chi connectivity index (χ1n) is 15.2. The number of nitrogens with one attached hydrogen (secondary N) is 1. The number of hydrogen-bond donors (Lipinski definition) is 3. The molecule has 0 saturated heterocycles. The van der Waals surface area contributed by atoms with Gasteiger partial charge in [0.25, 0.3) is 0 Å². The van der Waals surface area contributed by atoms with Crippen LogP contribution >= 0.6 is 23.5 Å². The van der Waals surface area contributed by atoms with E-state index in [0.29, 0.717) is 28.3 Å². The van der Waals surface area contributed by atoms with Gasteiger partial charge in [-0.1, -0.05) is 84.9 Å². The summed E-state index contributed by atoms with van der Waals surface area (Å²) in [5, 5.41) is 21.1. The largest absolute Gasteiger partial charge is 0.464 e. The number of ether oxygens (including phenoxy) is 2. The van der Waals surface area contributed by atoms with Gasteiger partial charge in [-0.2, -0.15) is 0 Å². The SMILES string of the molecule is O=C(Cc1ccccc1)OCC1(COC(=O)Nc2ccccc2)CSc2ccccc2C1=O.O=C1c2ccccc2SCC1(CO)CO. The first-order valence-corrected chi connectivity index (χ1v) is 17.2. The minimum Gasteiger partial charge on any atom is -0.464 e. The molecule has 1 unspecified atom stereocenters. The fraction of sp³-hybridized carbons (Fsp3) is 0.243. The molecule has 0 radical (unpaired) electrons. The Balaban J connectivity index is 0.000000250. The lowest BCUT2D eigenvalue weighted by Gasteiger charge is -2.34. The van der Waals surface area contributed by atoms with E-state index in [1.807, 2.05) is 60.7 Å². The Bertz CT molecular complexity index is 1690. The van der Waals surface area contributed by atoms with Crippen molar-refractivity contribution in [2.24, 2.45) is 10.8 Å². The maximum absolute atomic E-state index is 13.5. The van der Waals surface area contributed by atoms with Crippen LogP contribution in [0.2, 0.25) is 0 Å². The second-order valence-electron chi connectivity index (χ2n) is 11.5. The number of carbonyl (C=O) groups is 4. The number of esters is 1. The number of rotatable bonds is 9. The number of para-hydroxylation sites is 1. The molecular formula is C37H35NO8S2. The Labute approximate surface area is 287 Å². The van der Waals surface area contributed by atoms with E-state index in [-0.39, 0.29) is 44.4 Å². The summed E-state index contributed by atoms with van der Waals surface area (Å²) < 4.78 is 11.0. The highest BCUT2D eigenvalue weighted by atomic mass is 32.2. The van der Waals surface area contributed by atoms with Gasteiger partial charge in [-0.25, -0.2) is 4.79 Å². The summed E-state index contributed by atoms with van der Waals surface area (Å²) in [6, 6.07) is 32.7. The number of thioether (sulfide) groups is 2. The molecule has 0 aliphatic carbocycles. The predicted molar refractivity (Wildman–Crippen MR) is 185 cm³/mol. The molecule has 9 nitrogen and oxygen atoms in total. The molecule has 0 spiro atoms. The minimum absolute atomic E-state index is 0.101. The van der Waals surface area contributed by atoms with Crippen LogP contribution in [0.1, 0.15) is 26.3 Å². The first-order chi connectivity index (χ1) is 23.3. The van der Waals surface area contributed by atoms with Crippen molar-refractivity contribution >= 4 is 52.8 Å².